The van der Waals surface area contributed by atoms with Crippen LogP contribution in [-0.4, -0.2) is 39.8 Å². The first-order chi connectivity index (χ1) is 12.4. The quantitative estimate of drug-likeness (QED) is 0.238. The fourth-order valence-electron chi connectivity index (χ4n) is 3.00. The highest BCUT2D eigenvalue weighted by molar-refractivity contribution is 6.06. The Bertz CT molecular complexity index is 770. The molecule has 1 saturated heterocycles. The lowest BCUT2D eigenvalue weighted by Crippen LogP contribution is -2.55. The summed E-state index contributed by atoms with van der Waals surface area (Å²) >= 11 is 0. The first-order valence-corrected chi connectivity index (χ1v) is 8.01. The number of hydrogen-bond donors (Lipinski definition) is 0. The number of hydrogen-bond acceptors (Lipinski definition) is 6. The van der Waals surface area contributed by atoms with E-state index in [0.29, 0.717) is 5.56 Å². The average molecular weight is 358 g/mol. The lowest BCUT2D eigenvalue weighted by atomic mass is 9.80. The van der Waals surface area contributed by atoms with Crippen LogP contribution < -0.4 is 0 Å². The fraction of sp³-hybridized carbons (Fsp3) is 0.389. The Labute approximate surface area is 150 Å². The van der Waals surface area contributed by atoms with E-state index < -0.39 is 47.0 Å². The van der Waals surface area contributed by atoms with Gasteiger partial charge in [0, 0.05) is 11.3 Å². The molecule has 1 heterocycles. The molecule has 1 aromatic rings. The molecule has 0 aromatic heterocycles. The van der Waals surface area contributed by atoms with E-state index in [0.717, 1.165) is 4.90 Å². The van der Waals surface area contributed by atoms with Crippen LogP contribution in [0.3, 0.4) is 0 Å². The van der Waals surface area contributed by atoms with Gasteiger partial charge in [0.25, 0.3) is 0 Å². The number of imide groups is 1. The summed E-state index contributed by atoms with van der Waals surface area (Å²) in [7, 11) is 0. The van der Waals surface area contributed by atoms with Crippen molar-refractivity contribution in [2.24, 2.45) is 5.92 Å². The number of rotatable bonds is 7. The number of benzene rings is 1. The summed E-state index contributed by atoms with van der Waals surface area (Å²) in [5.41, 5.74) is -1.78. The van der Waals surface area contributed by atoms with Gasteiger partial charge in [-0.05, 0) is 12.5 Å². The molecule has 0 radical (unpaired) electrons. The number of nitro groups is 1. The molecule has 0 spiro atoms. The predicted octanol–water partition coefficient (Wildman–Crippen LogP) is 1.16. The molecule has 8 heteroatoms. The molecule has 2 atom stereocenters. The zero-order valence-electron chi connectivity index (χ0n) is 14.2. The van der Waals surface area contributed by atoms with Crippen LogP contribution in [0.5, 0.6) is 0 Å². The van der Waals surface area contributed by atoms with Crippen LogP contribution in [-0.2, 0) is 25.7 Å². The van der Waals surface area contributed by atoms with Crippen LogP contribution in [0.4, 0.5) is 0 Å². The second kappa shape index (κ2) is 7.78. The summed E-state index contributed by atoms with van der Waals surface area (Å²) in [4.78, 5) is 49.3. The average Bonchev–Trinajstić information content (AvgIpc) is 2.89. The van der Waals surface area contributed by atoms with Crippen LogP contribution >= 0.6 is 0 Å². The van der Waals surface area contributed by atoms with Crippen LogP contribution in [0.2, 0.25) is 0 Å². The van der Waals surface area contributed by atoms with E-state index in [4.69, 9.17) is 11.2 Å². The summed E-state index contributed by atoms with van der Waals surface area (Å²) < 4.78 is 4.81. The van der Waals surface area contributed by atoms with Crippen LogP contribution in [0.15, 0.2) is 30.3 Å². The predicted molar refractivity (Wildman–Crippen MR) is 89.9 cm³/mol. The number of carbonyl (C=O) groups excluding carboxylic acids is 3. The molecule has 1 fully saturated rings. The molecule has 1 aromatic carbocycles. The smallest absolute Gasteiger partial charge is 0.386 e. The van der Waals surface area contributed by atoms with E-state index in [1.54, 1.807) is 30.3 Å². The summed E-state index contributed by atoms with van der Waals surface area (Å²) in [6, 6.07) is 8.72. The van der Waals surface area contributed by atoms with Crippen molar-refractivity contribution in [3.63, 3.8) is 0 Å². The molecule has 136 valence electrons. The van der Waals surface area contributed by atoms with E-state index >= 15 is 0 Å². The van der Waals surface area contributed by atoms with Crippen molar-refractivity contribution in [2.45, 2.75) is 31.8 Å². The topological polar surface area (TPSA) is 107 Å². The minimum atomic E-state index is -2.47. The SMILES string of the molecule is C#CC[C@@](C(=O)OCC)([C@@H]1CC(=O)N(Cc2ccccc2)C1=O)[N+](=O)[O-]. The highest BCUT2D eigenvalue weighted by Gasteiger charge is 2.65. The maximum Gasteiger partial charge on any atom is 0.386 e. The largest absolute Gasteiger partial charge is 0.461 e. The Morgan fingerprint density at radius 3 is 2.62 bits per heavy atom. The maximum atomic E-state index is 12.8. The van der Waals surface area contributed by atoms with E-state index in [9.17, 15) is 24.5 Å². The van der Waals surface area contributed by atoms with Crippen LogP contribution in [0.25, 0.3) is 0 Å². The van der Waals surface area contributed by atoms with Gasteiger partial charge in [0.2, 0.25) is 11.8 Å². The lowest BCUT2D eigenvalue weighted by Gasteiger charge is -2.25. The molecule has 8 nitrogen and oxygen atoms in total. The first kappa shape index (κ1) is 19.1. The monoisotopic (exact) mass is 358 g/mol. The van der Waals surface area contributed by atoms with Gasteiger partial charge in [-0.3, -0.25) is 24.6 Å². The highest BCUT2D eigenvalue weighted by Crippen LogP contribution is 2.36. The van der Waals surface area contributed by atoms with Crippen LogP contribution in [0, 0.1) is 28.4 Å². The molecular formula is C18H18N2O6. The molecule has 0 bridgehead atoms. The zero-order valence-corrected chi connectivity index (χ0v) is 14.2. The molecule has 26 heavy (non-hydrogen) atoms. The number of carbonyl (C=O) groups is 3. The summed E-state index contributed by atoms with van der Waals surface area (Å²) in [5, 5.41) is 11.8. The minimum absolute atomic E-state index is 0.0261. The van der Waals surface area contributed by atoms with Gasteiger partial charge in [-0.1, -0.05) is 36.3 Å². The van der Waals surface area contributed by atoms with Crippen molar-refractivity contribution >= 4 is 17.8 Å². The molecule has 0 saturated carbocycles. The van der Waals surface area contributed by atoms with Crippen LogP contribution in [0.1, 0.15) is 25.3 Å². The van der Waals surface area contributed by atoms with Gasteiger partial charge in [-0.2, -0.15) is 0 Å². The van der Waals surface area contributed by atoms with Crippen molar-refractivity contribution < 1.29 is 24.0 Å². The van der Waals surface area contributed by atoms with Gasteiger partial charge in [0.1, 0.15) is 5.92 Å². The standard InChI is InChI=1S/C18H18N2O6/c1-3-10-18(20(24)25,17(23)26-4-2)14-11-15(21)19(16(14)22)12-13-8-6-5-7-9-13/h1,5-9,14H,4,10-12H2,2H3/t14-,18+/m1/s1. The molecule has 1 aliphatic rings. The minimum Gasteiger partial charge on any atom is -0.461 e. The maximum absolute atomic E-state index is 12.8. The highest BCUT2D eigenvalue weighted by atomic mass is 16.6. The van der Waals surface area contributed by atoms with E-state index in [-0.39, 0.29) is 13.2 Å². The Morgan fingerprint density at radius 1 is 1.42 bits per heavy atom. The second-order valence-electron chi connectivity index (χ2n) is 5.84. The molecule has 0 unspecified atom stereocenters. The number of esters is 1. The van der Waals surface area contributed by atoms with Gasteiger partial charge in [-0.15, -0.1) is 6.42 Å². The van der Waals surface area contributed by atoms with Crippen molar-refractivity contribution in [3.8, 4) is 12.3 Å². The Morgan fingerprint density at radius 2 is 2.08 bits per heavy atom. The van der Waals surface area contributed by atoms with E-state index in [1.165, 1.54) is 6.92 Å². The molecule has 2 amide bonds. The third-order valence-electron chi connectivity index (χ3n) is 4.33. The van der Waals surface area contributed by atoms with Crippen molar-refractivity contribution in [3.05, 3.63) is 46.0 Å². The van der Waals surface area contributed by atoms with Gasteiger partial charge < -0.3 is 4.74 Å². The third kappa shape index (κ3) is 3.28. The third-order valence-corrected chi connectivity index (χ3v) is 4.33. The fourth-order valence-corrected chi connectivity index (χ4v) is 3.00. The summed E-state index contributed by atoms with van der Waals surface area (Å²) in [6.45, 7) is 1.35. The molecule has 0 N–H and O–H groups in total. The van der Waals surface area contributed by atoms with E-state index in [1.807, 2.05) is 0 Å². The van der Waals surface area contributed by atoms with Gasteiger partial charge >= 0.3 is 11.5 Å². The summed E-state index contributed by atoms with van der Waals surface area (Å²) in [6.07, 6.45) is 4.12. The molecule has 1 aliphatic heterocycles. The lowest BCUT2D eigenvalue weighted by molar-refractivity contribution is -0.561. The van der Waals surface area contributed by atoms with Crippen molar-refractivity contribution in [1.29, 1.82) is 0 Å². The molecule has 2 rings (SSSR count). The zero-order chi connectivity index (χ0) is 19.3. The van der Waals surface area contributed by atoms with Crippen molar-refractivity contribution in [2.75, 3.05) is 6.61 Å². The number of nitrogens with zero attached hydrogens (tertiary/aromatic N) is 2. The second-order valence-corrected chi connectivity index (χ2v) is 5.84. The number of amides is 2. The Balaban J connectivity index is 2.39. The number of ether oxygens (including phenoxy) is 1. The molecular weight excluding hydrogens is 340 g/mol. The molecule has 0 aliphatic carbocycles. The summed E-state index contributed by atoms with van der Waals surface area (Å²) in [5.74, 6) is -1.99. The first-order valence-electron chi connectivity index (χ1n) is 8.01. The van der Waals surface area contributed by atoms with E-state index in [2.05, 4.69) is 5.92 Å². The Kier molecular flexibility index (Phi) is 5.72. The van der Waals surface area contributed by atoms with Crippen molar-refractivity contribution in [1.82, 2.24) is 4.90 Å². The van der Waals surface area contributed by atoms with Gasteiger partial charge in [0.15, 0.2) is 0 Å². The number of terminal acetylenes is 1. The Hall–Kier alpha value is -3.21. The van der Waals surface area contributed by atoms with Gasteiger partial charge in [0.05, 0.1) is 19.6 Å². The van der Waals surface area contributed by atoms with Gasteiger partial charge in [-0.25, -0.2) is 4.79 Å². The normalized spacial score (nSPS) is 18.9. The number of likely N-dealkylation sites (tertiary alicyclic amines) is 1.